The normalized spacial score (nSPS) is 18.6. The highest BCUT2D eigenvalue weighted by Crippen LogP contribution is 2.27. The van der Waals surface area contributed by atoms with Gasteiger partial charge in [-0.25, -0.2) is 9.79 Å². The van der Waals surface area contributed by atoms with E-state index >= 15 is 0 Å². The first kappa shape index (κ1) is 11.0. The zero-order chi connectivity index (χ0) is 12.4. The molecule has 18 heavy (non-hydrogen) atoms. The zero-order valence-corrected chi connectivity index (χ0v) is 9.94. The summed E-state index contributed by atoms with van der Waals surface area (Å²) >= 11 is 0. The van der Waals surface area contributed by atoms with Gasteiger partial charge in [-0.15, -0.1) is 0 Å². The molecule has 0 unspecified atom stereocenters. The molecule has 3 rings (SSSR count). The molecule has 0 bridgehead atoms. The Morgan fingerprint density at radius 3 is 2.78 bits per heavy atom. The first-order valence-electron chi connectivity index (χ1n) is 6.04. The maximum Gasteiger partial charge on any atom is 0.204 e. The molecule has 92 valence electrons. The predicted molar refractivity (Wildman–Crippen MR) is 70.2 cm³/mol. The summed E-state index contributed by atoms with van der Waals surface area (Å²) in [7, 11) is 0. The van der Waals surface area contributed by atoms with Crippen LogP contribution in [0.3, 0.4) is 0 Å². The molecule has 0 saturated carbocycles. The minimum absolute atomic E-state index is 0.467. The van der Waals surface area contributed by atoms with Crippen LogP contribution < -0.4 is 10.6 Å². The van der Waals surface area contributed by atoms with E-state index in [0.29, 0.717) is 5.70 Å². The van der Waals surface area contributed by atoms with Crippen molar-refractivity contribution in [2.45, 2.75) is 0 Å². The van der Waals surface area contributed by atoms with E-state index in [1.807, 2.05) is 30.2 Å². The Kier molecular flexibility index (Phi) is 2.84. The van der Waals surface area contributed by atoms with Crippen molar-refractivity contribution < 1.29 is 4.79 Å². The van der Waals surface area contributed by atoms with Gasteiger partial charge in [0, 0.05) is 31.7 Å². The van der Waals surface area contributed by atoms with Crippen LogP contribution >= 0.6 is 0 Å². The van der Waals surface area contributed by atoms with Gasteiger partial charge in [0.1, 0.15) is 5.70 Å². The average Bonchev–Trinajstić information content (AvgIpc) is 2.47. The predicted octanol–water partition coefficient (Wildman–Crippen LogP) is 0.355. The van der Waals surface area contributed by atoms with E-state index in [0.717, 1.165) is 43.4 Å². The molecule has 5 heteroatoms. The van der Waals surface area contributed by atoms with Gasteiger partial charge in [0.25, 0.3) is 0 Å². The molecule has 2 aliphatic heterocycles. The minimum Gasteiger partial charge on any atom is -0.340 e. The molecule has 1 saturated heterocycles. The monoisotopic (exact) mass is 242 g/mol. The number of rotatable bonds is 0. The molecule has 2 heterocycles. The summed E-state index contributed by atoms with van der Waals surface area (Å²) in [5, 5.41) is 6.36. The number of hydrogen-bond acceptors (Lipinski definition) is 5. The number of carbonyl (C=O) groups excluding carboxylic acids is 1. The summed E-state index contributed by atoms with van der Waals surface area (Å²) in [6, 6.07) is 7.60. The van der Waals surface area contributed by atoms with Crippen LogP contribution in [-0.2, 0) is 4.79 Å². The summed E-state index contributed by atoms with van der Waals surface area (Å²) in [6.45, 7) is 3.64. The Labute approximate surface area is 105 Å². The molecule has 2 aliphatic rings. The summed E-state index contributed by atoms with van der Waals surface area (Å²) in [5.74, 6) is 2.71. The Bertz CT molecular complexity index is 540. The summed E-state index contributed by atoms with van der Waals surface area (Å²) in [4.78, 5) is 17.8. The molecule has 1 aromatic carbocycles. The first-order chi connectivity index (χ1) is 8.88. The highest BCUT2D eigenvalue weighted by Gasteiger charge is 2.22. The second-order valence-electron chi connectivity index (χ2n) is 4.29. The van der Waals surface area contributed by atoms with Gasteiger partial charge < -0.3 is 15.5 Å². The maximum absolute atomic E-state index is 11.0. The number of aliphatic imine (C=N–C) groups is 1. The number of fused-ring (bicyclic) bond motifs is 1. The van der Waals surface area contributed by atoms with Gasteiger partial charge in [-0.05, 0) is 12.1 Å². The number of nitrogens with zero attached hydrogens (tertiary/aromatic N) is 2. The third-order valence-corrected chi connectivity index (χ3v) is 3.16. The van der Waals surface area contributed by atoms with Crippen LogP contribution in [0.5, 0.6) is 0 Å². The summed E-state index contributed by atoms with van der Waals surface area (Å²) in [5.41, 5.74) is 2.10. The highest BCUT2D eigenvalue weighted by molar-refractivity contribution is 6.03. The SMILES string of the molecule is O=C=C1NC(N2CCNCC2)=Nc2ccccc21. The molecule has 2 N–H and O–H groups in total. The lowest BCUT2D eigenvalue weighted by Crippen LogP contribution is -2.51. The molecule has 0 amide bonds. The van der Waals surface area contributed by atoms with Gasteiger partial charge in [-0.2, -0.15) is 0 Å². The highest BCUT2D eigenvalue weighted by atomic mass is 16.1. The van der Waals surface area contributed by atoms with E-state index in [4.69, 9.17) is 0 Å². The zero-order valence-electron chi connectivity index (χ0n) is 9.94. The van der Waals surface area contributed by atoms with Crippen LogP contribution in [0.4, 0.5) is 5.69 Å². The fourth-order valence-electron chi connectivity index (χ4n) is 2.21. The van der Waals surface area contributed by atoms with E-state index in [-0.39, 0.29) is 0 Å². The van der Waals surface area contributed by atoms with Crippen molar-refractivity contribution in [2.24, 2.45) is 4.99 Å². The molecule has 1 fully saturated rings. The number of piperazine rings is 1. The van der Waals surface area contributed by atoms with Crippen molar-refractivity contribution in [2.75, 3.05) is 26.2 Å². The molecular weight excluding hydrogens is 228 g/mol. The van der Waals surface area contributed by atoms with Crippen LogP contribution in [-0.4, -0.2) is 43.0 Å². The van der Waals surface area contributed by atoms with E-state index in [2.05, 4.69) is 20.5 Å². The number of nitrogens with one attached hydrogen (secondary N) is 2. The lowest BCUT2D eigenvalue weighted by molar-refractivity contribution is 0.350. The maximum atomic E-state index is 11.0. The van der Waals surface area contributed by atoms with Gasteiger partial charge in [-0.1, -0.05) is 12.1 Å². The van der Waals surface area contributed by atoms with Gasteiger partial charge in [0.05, 0.1) is 5.69 Å². The quantitative estimate of drug-likeness (QED) is 0.645. The van der Waals surface area contributed by atoms with Gasteiger partial charge >= 0.3 is 0 Å². The minimum atomic E-state index is 0.467. The van der Waals surface area contributed by atoms with E-state index in [1.165, 1.54) is 0 Å². The Hall–Kier alpha value is -2.10. The Balaban J connectivity index is 1.98. The fraction of sp³-hybridized carbons (Fsp3) is 0.308. The number of para-hydroxylation sites is 1. The van der Waals surface area contributed by atoms with Crippen molar-refractivity contribution >= 4 is 23.3 Å². The fourth-order valence-corrected chi connectivity index (χ4v) is 2.21. The van der Waals surface area contributed by atoms with E-state index < -0.39 is 0 Å². The molecular formula is C13H14N4O. The molecule has 0 radical (unpaired) electrons. The number of guanidine groups is 1. The van der Waals surface area contributed by atoms with Crippen molar-refractivity contribution in [1.29, 1.82) is 0 Å². The van der Waals surface area contributed by atoms with Gasteiger partial charge in [0.2, 0.25) is 5.96 Å². The third-order valence-electron chi connectivity index (χ3n) is 3.16. The van der Waals surface area contributed by atoms with Crippen LogP contribution in [0.1, 0.15) is 5.56 Å². The summed E-state index contributed by atoms with van der Waals surface area (Å²) < 4.78 is 0. The topological polar surface area (TPSA) is 56.7 Å². The van der Waals surface area contributed by atoms with Gasteiger partial charge in [-0.3, -0.25) is 0 Å². The molecule has 0 atom stereocenters. The number of hydrogen-bond donors (Lipinski definition) is 2. The standard InChI is InChI=1S/C13H14N4O/c18-9-12-10-3-1-2-4-11(10)15-13(16-12)17-7-5-14-6-8-17/h1-4,14H,5-8H2,(H,15,16). The molecule has 0 spiro atoms. The van der Waals surface area contributed by atoms with Crippen molar-refractivity contribution in [1.82, 2.24) is 15.5 Å². The lowest BCUT2D eigenvalue weighted by Gasteiger charge is -2.32. The molecule has 0 aliphatic carbocycles. The lowest BCUT2D eigenvalue weighted by atomic mass is 10.1. The Morgan fingerprint density at radius 1 is 1.22 bits per heavy atom. The molecule has 0 aromatic heterocycles. The van der Waals surface area contributed by atoms with E-state index in [9.17, 15) is 4.79 Å². The second kappa shape index (κ2) is 4.64. The van der Waals surface area contributed by atoms with Crippen LogP contribution in [0.2, 0.25) is 0 Å². The second-order valence-corrected chi connectivity index (χ2v) is 4.29. The average molecular weight is 242 g/mol. The summed E-state index contributed by atoms with van der Waals surface area (Å²) in [6.07, 6.45) is 0. The third kappa shape index (κ3) is 1.90. The largest absolute Gasteiger partial charge is 0.340 e. The van der Waals surface area contributed by atoms with Crippen molar-refractivity contribution in [3.63, 3.8) is 0 Å². The first-order valence-corrected chi connectivity index (χ1v) is 6.04. The van der Waals surface area contributed by atoms with Gasteiger partial charge in [0.15, 0.2) is 5.94 Å². The van der Waals surface area contributed by atoms with Crippen LogP contribution in [0.15, 0.2) is 29.3 Å². The van der Waals surface area contributed by atoms with Crippen LogP contribution in [0, 0.1) is 0 Å². The van der Waals surface area contributed by atoms with E-state index in [1.54, 1.807) is 0 Å². The smallest absolute Gasteiger partial charge is 0.204 e. The number of benzene rings is 1. The molecule has 5 nitrogen and oxygen atoms in total. The Morgan fingerprint density at radius 2 is 2.00 bits per heavy atom. The molecule has 1 aromatic rings. The van der Waals surface area contributed by atoms with Crippen LogP contribution in [0.25, 0.3) is 5.70 Å². The van der Waals surface area contributed by atoms with Crippen molar-refractivity contribution in [3.8, 4) is 0 Å². The van der Waals surface area contributed by atoms with Crippen molar-refractivity contribution in [3.05, 3.63) is 29.8 Å².